The molecule has 0 aliphatic heterocycles. The van der Waals surface area contributed by atoms with Crippen molar-refractivity contribution in [2.45, 2.75) is 31.6 Å². The van der Waals surface area contributed by atoms with Gasteiger partial charge in [0.05, 0.1) is 18.7 Å². The Hall–Kier alpha value is -3.15. The van der Waals surface area contributed by atoms with Crippen LogP contribution in [-0.2, 0) is 22.6 Å². The van der Waals surface area contributed by atoms with Crippen LogP contribution in [0.5, 0.6) is 5.88 Å². The topological polar surface area (TPSA) is 110 Å². The van der Waals surface area contributed by atoms with Crippen LogP contribution in [0.25, 0.3) is 0 Å². The molecule has 2 aromatic rings. The van der Waals surface area contributed by atoms with Crippen molar-refractivity contribution in [3.63, 3.8) is 0 Å². The molecule has 1 aliphatic rings. The summed E-state index contributed by atoms with van der Waals surface area (Å²) in [6, 6.07) is 4.51. The van der Waals surface area contributed by atoms with Gasteiger partial charge in [0.15, 0.2) is 9.84 Å². The molecule has 12 heteroatoms. The average Bonchev–Trinajstić information content (AvgIpc) is 3.59. The monoisotopic (exact) mass is 484 g/mol. The lowest BCUT2D eigenvalue weighted by Crippen LogP contribution is -2.35. The maximum atomic E-state index is 13.2. The Morgan fingerprint density at radius 3 is 2.64 bits per heavy atom. The predicted octanol–water partition coefficient (Wildman–Crippen LogP) is 3.18. The molecule has 3 rings (SSSR count). The number of ether oxygens (including phenoxy) is 1. The first-order valence-corrected chi connectivity index (χ1v) is 11.9. The highest BCUT2D eigenvalue weighted by Gasteiger charge is 2.35. The number of halogens is 3. The molecule has 0 saturated heterocycles. The van der Waals surface area contributed by atoms with Crippen LogP contribution in [0.15, 0.2) is 41.9 Å². The van der Waals surface area contributed by atoms with Crippen molar-refractivity contribution in [2.24, 2.45) is 5.92 Å². The molecule has 33 heavy (non-hydrogen) atoms. The normalized spacial score (nSPS) is 15.3. The Balaban J connectivity index is 1.88. The smallest absolute Gasteiger partial charge is 0.433 e. The Kier molecular flexibility index (Phi) is 7.25. The first-order chi connectivity index (χ1) is 15.5. The number of hydrogen-bond donors (Lipinski definition) is 2. The van der Waals surface area contributed by atoms with Gasteiger partial charge < -0.3 is 15.4 Å². The number of carbonyl (C=O) groups is 1. The van der Waals surface area contributed by atoms with E-state index in [0.717, 1.165) is 36.6 Å². The third-order valence-electron chi connectivity index (χ3n) is 4.88. The average molecular weight is 485 g/mol. The lowest BCUT2D eigenvalue weighted by Gasteiger charge is -2.18. The van der Waals surface area contributed by atoms with Gasteiger partial charge in [-0.05, 0) is 37.0 Å². The zero-order chi connectivity index (χ0) is 24.2. The van der Waals surface area contributed by atoms with E-state index < -0.39 is 33.7 Å². The molecule has 1 aliphatic carbocycles. The molecule has 2 N–H and O–H groups in total. The molecule has 178 valence electrons. The van der Waals surface area contributed by atoms with Crippen molar-refractivity contribution in [3.8, 4) is 5.88 Å². The highest BCUT2D eigenvalue weighted by Crippen LogP contribution is 2.34. The summed E-state index contributed by atoms with van der Waals surface area (Å²) in [5, 5.41) is 6.47. The molecule has 0 bridgehead atoms. The molecule has 0 aromatic carbocycles. The van der Waals surface area contributed by atoms with Gasteiger partial charge in [-0.2, -0.15) is 13.2 Å². The Morgan fingerprint density at radius 1 is 1.30 bits per heavy atom. The number of anilines is 1. The van der Waals surface area contributed by atoms with E-state index in [1.54, 1.807) is 12.1 Å². The largest absolute Gasteiger partial charge is 0.481 e. The number of pyridine rings is 2. The molecule has 8 nitrogen and oxygen atoms in total. The van der Waals surface area contributed by atoms with Crippen LogP contribution in [0, 0.1) is 5.92 Å². The summed E-state index contributed by atoms with van der Waals surface area (Å²) in [5.41, 5.74) is -0.711. The summed E-state index contributed by atoms with van der Waals surface area (Å²) in [6.45, 7) is 0.00559. The second kappa shape index (κ2) is 9.77. The van der Waals surface area contributed by atoms with Gasteiger partial charge in [0.1, 0.15) is 11.5 Å². The van der Waals surface area contributed by atoms with Gasteiger partial charge in [0.2, 0.25) is 5.88 Å². The number of sulfone groups is 1. The second-order valence-electron chi connectivity index (χ2n) is 7.61. The quantitative estimate of drug-likeness (QED) is 0.563. The Labute approximate surface area is 189 Å². The summed E-state index contributed by atoms with van der Waals surface area (Å²) in [6.07, 6.45) is 0.824. The minimum atomic E-state index is -4.70. The maximum Gasteiger partial charge on any atom is 0.433 e. The lowest BCUT2D eigenvalue weighted by atomic mass is 10.1. The summed E-state index contributed by atoms with van der Waals surface area (Å²) in [7, 11) is -1.99. The van der Waals surface area contributed by atoms with E-state index in [9.17, 15) is 26.4 Å². The van der Waals surface area contributed by atoms with Crippen molar-refractivity contribution < 1.29 is 31.1 Å². The molecule has 1 amide bonds. The number of nitrogens with zero attached hydrogens (tertiary/aromatic N) is 2. The molecule has 2 aromatic heterocycles. The summed E-state index contributed by atoms with van der Waals surface area (Å²) < 4.78 is 67.7. The number of rotatable bonds is 9. The number of aromatic nitrogens is 2. The zero-order valence-corrected chi connectivity index (χ0v) is 18.7. The van der Waals surface area contributed by atoms with Gasteiger partial charge in [-0.1, -0.05) is 12.1 Å². The molecule has 1 atom stereocenters. The first-order valence-electron chi connectivity index (χ1n) is 9.97. The fourth-order valence-corrected chi connectivity index (χ4v) is 3.55. The van der Waals surface area contributed by atoms with E-state index in [1.807, 2.05) is 0 Å². The van der Waals surface area contributed by atoms with Crippen LogP contribution in [0.3, 0.4) is 0 Å². The highest BCUT2D eigenvalue weighted by atomic mass is 32.2. The van der Waals surface area contributed by atoms with Crippen LogP contribution < -0.4 is 15.4 Å². The van der Waals surface area contributed by atoms with Crippen molar-refractivity contribution in [1.82, 2.24) is 15.3 Å². The van der Waals surface area contributed by atoms with Crippen LogP contribution >= 0.6 is 0 Å². The molecule has 0 radical (unpaired) electrons. The van der Waals surface area contributed by atoms with E-state index >= 15 is 0 Å². The highest BCUT2D eigenvalue weighted by molar-refractivity contribution is 7.93. The molecule has 1 saturated carbocycles. The molecule has 2 heterocycles. The van der Waals surface area contributed by atoms with Gasteiger partial charge >= 0.3 is 6.18 Å². The standard InChI is InChI=1S/C21H23F3N4O4S/c1-32-20-14(4-3-10-25-20)12-26-18-15(7-8-17(28-18)21(22,23)24)19(29)27-16(13-5-6-13)9-11-33(2,30)31/h3-4,7-11,13,16H,5-6,12H2,1-2H3,(H,26,28)(H,27,29)/b11-9+/t16-/m1/s1. The van der Waals surface area contributed by atoms with Gasteiger partial charge in [0, 0.05) is 30.0 Å². The third kappa shape index (κ3) is 6.91. The van der Waals surface area contributed by atoms with E-state index in [2.05, 4.69) is 20.6 Å². The number of methoxy groups -OCH3 is 1. The van der Waals surface area contributed by atoms with E-state index in [4.69, 9.17) is 4.74 Å². The molecule has 1 fully saturated rings. The van der Waals surface area contributed by atoms with Gasteiger partial charge in [-0.3, -0.25) is 4.79 Å². The SMILES string of the molecule is COc1ncccc1CNc1nc(C(F)(F)F)ccc1C(=O)N[C@H](/C=C/S(C)(=O)=O)C1CC1. The Morgan fingerprint density at radius 2 is 2.03 bits per heavy atom. The minimum Gasteiger partial charge on any atom is -0.481 e. The zero-order valence-electron chi connectivity index (χ0n) is 17.9. The van der Waals surface area contributed by atoms with Crippen molar-refractivity contribution in [3.05, 3.63) is 58.8 Å². The van der Waals surface area contributed by atoms with Crippen LogP contribution in [0.4, 0.5) is 19.0 Å². The fraction of sp³-hybridized carbons (Fsp3) is 0.381. The summed E-state index contributed by atoms with van der Waals surface area (Å²) in [5.74, 6) is -0.602. The van der Waals surface area contributed by atoms with E-state index in [0.29, 0.717) is 5.56 Å². The van der Waals surface area contributed by atoms with Crippen LogP contribution in [-0.4, -0.2) is 43.7 Å². The minimum absolute atomic E-state index is 0.00559. The van der Waals surface area contributed by atoms with E-state index in [1.165, 1.54) is 19.4 Å². The van der Waals surface area contributed by atoms with Gasteiger partial charge in [-0.25, -0.2) is 18.4 Å². The van der Waals surface area contributed by atoms with Gasteiger partial charge in [-0.15, -0.1) is 0 Å². The van der Waals surface area contributed by atoms with Crippen molar-refractivity contribution in [2.75, 3.05) is 18.7 Å². The maximum absolute atomic E-state index is 13.2. The molecule has 0 spiro atoms. The lowest BCUT2D eigenvalue weighted by molar-refractivity contribution is -0.141. The molecule has 0 unspecified atom stereocenters. The molecular formula is C21H23F3N4O4S. The number of carbonyl (C=O) groups excluding carboxylic acids is 1. The summed E-state index contributed by atoms with van der Waals surface area (Å²) in [4.78, 5) is 20.6. The number of nitrogens with one attached hydrogen (secondary N) is 2. The van der Waals surface area contributed by atoms with Crippen molar-refractivity contribution >= 4 is 21.6 Å². The van der Waals surface area contributed by atoms with Gasteiger partial charge in [0.25, 0.3) is 5.91 Å². The van der Waals surface area contributed by atoms with E-state index in [-0.39, 0.29) is 29.7 Å². The van der Waals surface area contributed by atoms with Crippen LogP contribution in [0.2, 0.25) is 0 Å². The predicted molar refractivity (Wildman–Crippen MR) is 115 cm³/mol. The number of amides is 1. The fourth-order valence-electron chi connectivity index (χ4n) is 3.09. The first kappa shape index (κ1) is 24.5. The van der Waals surface area contributed by atoms with Crippen molar-refractivity contribution in [1.29, 1.82) is 0 Å². The Bertz CT molecular complexity index is 1150. The second-order valence-corrected chi connectivity index (χ2v) is 9.54. The number of hydrogen-bond acceptors (Lipinski definition) is 7. The molecular weight excluding hydrogens is 461 g/mol. The third-order valence-corrected chi connectivity index (χ3v) is 5.53. The number of alkyl halides is 3. The summed E-state index contributed by atoms with van der Waals surface area (Å²) >= 11 is 0. The van der Waals surface area contributed by atoms with Crippen LogP contribution in [0.1, 0.15) is 34.5 Å².